The summed E-state index contributed by atoms with van der Waals surface area (Å²) in [4.78, 5) is 3.41. The quantitative estimate of drug-likeness (QED) is 0.724. The van der Waals surface area contributed by atoms with Gasteiger partial charge in [0, 0.05) is 30.3 Å². The van der Waals surface area contributed by atoms with Crippen molar-refractivity contribution in [2.24, 2.45) is 0 Å². The molecule has 1 aromatic carbocycles. The molecule has 0 spiro atoms. The Kier molecular flexibility index (Phi) is 7.24. The molecule has 0 saturated heterocycles. The second-order valence-corrected chi connectivity index (χ2v) is 4.98. The van der Waals surface area contributed by atoms with Crippen LogP contribution in [0.2, 0.25) is 0 Å². The zero-order chi connectivity index (χ0) is 12.5. The predicted molar refractivity (Wildman–Crippen MR) is 70.9 cm³/mol. The zero-order valence-corrected chi connectivity index (χ0v) is 11.0. The fourth-order valence-electron chi connectivity index (χ4n) is 1.55. The summed E-state index contributed by atoms with van der Waals surface area (Å²) in [6, 6.07) is 6.60. The van der Waals surface area contributed by atoms with Crippen LogP contribution in [0.4, 0.5) is 4.39 Å². The van der Waals surface area contributed by atoms with Crippen molar-refractivity contribution < 1.29 is 9.50 Å². The Balaban J connectivity index is 2.23. The number of hydrogen-bond acceptors (Lipinski definition) is 3. The van der Waals surface area contributed by atoms with Crippen LogP contribution in [0, 0.1) is 5.82 Å². The van der Waals surface area contributed by atoms with E-state index in [1.807, 2.05) is 12.1 Å². The monoisotopic (exact) mass is 257 g/mol. The van der Waals surface area contributed by atoms with Gasteiger partial charge in [-0.25, -0.2) is 4.39 Å². The topological polar surface area (TPSA) is 23.5 Å². The van der Waals surface area contributed by atoms with E-state index in [2.05, 4.69) is 11.8 Å². The molecule has 4 heteroatoms. The summed E-state index contributed by atoms with van der Waals surface area (Å²) in [6.07, 6.45) is 0.828. The Morgan fingerprint density at radius 1 is 1.24 bits per heavy atom. The molecule has 0 aliphatic carbocycles. The number of halogens is 1. The van der Waals surface area contributed by atoms with E-state index < -0.39 is 0 Å². The molecule has 0 unspecified atom stereocenters. The maximum Gasteiger partial charge on any atom is 0.123 e. The van der Waals surface area contributed by atoms with E-state index in [9.17, 15) is 4.39 Å². The van der Waals surface area contributed by atoms with E-state index in [1.165, 1.54) is 12.1 Å². The van der Waals surface area contributed by atoms with Crippen molar-refractivity contribution in [2.45, 2.75) is 18.2 Å². The third-order valence-electron chi connectivity index (χ3n) is 2.57. The molecular formula is C13H20FNOS. The van der Waals surface area contributed by atoms with Crippen molar-refractivity contribution in [1.29, 1.82) is 0 Å². The molecule has 0 amide bonds. The standard InChI is InChI=1S/C13H20FNOS/c1-2-15(8-3-10-16)9-11-17-13-6-4-12(14)5-7-13/h4-7,16H,2-3,8-11H2,1H3. The number of thioether (sulfide) groups is 1. The van der Waals surface area contributed by atoms with Gasteiger partial charge in [-0.2, -0.15) is 0 Å². The molecule has 17 heavy (non-hydrogen) atoms. The highest BCUT2D eigenvalue weighted by Crippen LogP contribution is 2.17. The molecule has 0 aliphatic heterocycles. The van der Waals surface area contributed by atoms with Crippen molar-refractivity contribution in [3.05, 3.63) is 30.1 Å². The SMILES string of the molecule is CCN(CCCO)CCSc1ccc(F)cc1. The van der Waals surface area contributed by atoms with E-state index in [0.717, 1.165) is 36.7 Å². The molecule has 0 bridgehead atoms. The molecule has 0 saturated carbocycles. The normalized spacial score (nSPS) is 11.1. The Labute approximate surface area is 107 Å². The fraction of sp³-hybridized carbons (Fsp3) is 0.538. The minimum atomic E-state index is -0.188. The highest BCUT2D eigenvalue weighted by atomic mass is 32.2. The Morgan fingerprint density at radius 2 is 1.94 bits per heavy atom. The van der Waals surface area contributed by atoms with Gasteiger partial charge in [0.15, 0.2) is 0 Å². The molecule has 0 atom stereocenters. The third-order valence-corrected chi connectivity index (χ3v) is 3.56. The maximum atomic E-state index is 12.7. The molecule has 1 N–H and O–H groups in total. The van der Waals surface area contributed by atoms with E-state index >= 15 is 0 Å². The summed E-state index contributed by atoms with van der Waals surface area (Å²) in [6.45, 7) is 5.32. The van der Waals surface area contributed by atoms with Crippen LogP contribution in [0.25, 0.3) is 0 Å². The minimum absolute atomic E-state index is 0.188. The first-order chi connectivity index (χ1) is 8.26. The number of benzene rings is 1. The van der Waals surface area contributed by atoms with E-state index in [1.54, 1.807) is 11.8 Å². The zero-order valence-electron chi connectivity index (χ0n) is 10.2. The molecule has 0 radical (unpaired) electrons. The molecule has 1 aromatic rings. The lowest BCUT2D eigenvalue weighted by atomic mass is 10.4. The third kappa shape index (κ3) is 6.05. The number of rotatable bonds is 8. The van der Waals surface area contributed by atoms with Gasteiger partial charge >= 0.3 is 0 Å². The van der Waals surface area contributed by atoms with Gasteiger partial charge in [-0.3, -0.25) is 0 Å². The molecule has 0 fully saturated rings. The second kappa shape index (κ2) is 8.50. The summed E-state index contributed by atoms with van der Waals surface area (Å²) < 4.78 is 12.7. The first-order valence-electron chi connectivity index (χ1n) is 5.98. The van der Waals surface area contributed by atoms with Gasteiger partial charge in [-0.05, 0) is 37.2 Å². The predicted octanol–water partition coefficient (Wildman–Crippen LogP) is 2.62. The lowest BCUT2D eigenvalue weighted by Gasteiger charge is -2.19. The van der Waals surface area contributed by atoms with Crippen LogP contribution >= 0.6 is 11.8 Å². The van der Waals surface area contributed by atoms with Gasteiger partial charge in [0.2, 0.25) is 0 Å². The molecule has 2 nitrogen and oxygen atoms in total. The van der Waals surface area contributed by atoms with Gasteiger partial charge in [-0.15, -0.1) is 11.8 Å². The Hall–Kier alpha value is -0.580. The van der Waals surface area contributed by atoms with Gasteiger partial charge in [0.05, 0.1) is 0 Å². The fourth-order valence-corrected chi connectivity index (χ4v) is 2.46. The number of hydrogen-bond donors (Lipinski definition) is 1. The minimum Gasteiger partial charge on any atom is -0.396 e. The van der Waals surface area contributed by atoms with Crippen molar-refractivity contribution in [3.8, 4) is 0 Å². The Bertz CT molecular complexity index is 305. The van der Waals surface area contributed by atoms with Gasteiger partial charge in [0.25, 0.3) is 0 Å². The van der Waals surface area contributed by atoms with Crippen molar-refractivity contribution in [1.82, 2.24) is 4.90 Å². The summed E-state index contributed by atoms with van der Waals surface area (Å²) in [5, 5.41) is 8.77. The van der Waals surface area contributed by atoms with Crippen LogP contribution in [0.3, 0.4) is 0 Å². The summed E-state index contributed by atoms with van der Waals surface area (Å²) in [5.74, 6) is 0.803. The highest BCUT2D eigenvalue weighted by Gasteiger charge is 2.02. The van der Waals surface area contributed by atoms with Crippen LogP contribution in [-0.4, -0.2) is 42.0 Å². The maximum absolute atomic E-state index is 12.7. The van der Waals surface area contributed by atoms with E-state index in [0.29, 0.717) is 0 Å². The average Bonchev–Trinajstić information content (AvgIpc) is 2.36. The smallest absolute Gasteiger partial charge is 0.123 e. The Morgan fingerprint density at radius 3 is 2.53 bits per heavy atom. The summed E-state index contributed by atoms with van der Waals surface area (Å²) >= 11 is 1.74. The first kappa shape index (κ1) is 14.5. The van der Waals surface area contributed by atoms with Crippen LogP contribution in [-0.2, 0) is 0 Å². The van der Waals surface area contributed by atoms with Crippen molar-refractivity contribution >= 4 is 11.8 Å². The first-order valence-corrected chi connectivity index (χ1v) is 6.96. The van der Waals surface area contributed by atoms with E-state index in [4.69, 9.17) is 5.11 Å². The summed E-state index contributed by atoms with van der Waals surface area (Å²) in [5.41, 5.74) is 0. The number of aliphatic hydroxyl groups excluding tert-OH is 1. The van der Waals surface area contributed by atoms with Gasteiger partial charge in [-0.1, -0.05) is 6.92 Å². The van der Waals surface area contributed by atoms with Gasteiger partial charge in [0.1, 0.15) is 5.82 Å². The molecule has 96 valence electrons. The molecular weight excluding hydrogens is 237 g/mol. The van der Waals surface area contributed by atoms with Crippen LogP contribution in [0.15, 0.2) is 29.2 Å². The van der Waals surface area contributed by atoms with Crippen molar-refractivity contribution in [2.75, 3.05) is 32.0 Å². The van der Waals surface area contributed by atoms with Gasteiger partial charge < -0.3 is 10.0 Å². The molecule has 0 aromatic heterocycles. The summed E-state index contributed by atoms with van der Waals surface area (Å²) in [7, 11) is 0. The van der Waals surface area contributed by atoms with Crippen LogP contribution in [0.5, 0.6) is 0 Å². The molecule has 0 heterocycles. The number of aliphatic hydroxyl groups is 1. The lowest BCUT2D eigenvalue weighted by molar-refractivity contribution is 0.237. The lowest BCUT2D eigenvalue weighted by Crippen LogP contribution is -2.27. The molecule has 0 aliphatic rings. The highest BCUT2D eigenvalue weighted by molar-refractivity contribution is 7.99. The van der Waals surface area contributed by atoms with Crippen molar-refractivity contribution in [3.63, 3.8) is 0 Å². The van der Waals surface area contributed by atoms with Crippen LogP contribution in [0.1, 0.15) is 13.3 Å². The van der Waals surface area contributed by atoms with E-state index in [-0.39, 0.29) is 12.4 Å². The molecule has 1 rings (SSSR count). The average molecular weight is 257 g/mol. The van der Waals surface area contributed by atoms with Crippen LogP contribution < -0.4 is 0 Å². The number of nitrogens with zero attached hydrogens (tertiary/aromatic N) is 1. The largest absolute Gasteiger partial charge is 0.396 e. The second-order valence-electron chi connectivity index (χ2n) is 3.81.